The van der Waals surface area contributed by atoms with Gasteiger partial charge in [-0.05, 0) is 12.1 Å². The lowest BCUT2D eigenvalue weighted by Crippen LogP contribution is -2.42. The van der Waals surface area contributed by atoms with Crippen LogP contribution in [0.1, 0.15) is 23.2 Å². The highest BCUT2D eigenvalue weighted by atomic mass is 16.6. The Morgan fingerprint density at radius 2 is 2.14 bits per heavy atom. The minimum atomic E-state index is -0.939. The molecule has 1 aromatic rings. The standard InChI is InChI=1S/C14H19N3O5/c1-15-13(18)10-2-3-11(12(8-10)17(20)21)16-9-14(19)4-6-22-7-5-14/h2-3,8,16,19H,4-7,9H2,1H3,(H,15,18). The van der Waals surface area contributed by atoms with Gasteiger partial charge in [-0.15, -0.1) is 0 Å². The van der Waals surface area contributed by atoms with Gasteiger partial charge in [-0.3, -0.25) is 14.9 Å². The summed E-state index contributed by atoms with van der Waals surface area (Å²) in [6, 6.07) is 4.20. The van der Waals surface area contributed by atoms with Gasteiger partial charge in [-0.1, -0.05) is 0 Å². The molecule has 0 bridgehead atoms. The molecule has 1 aliphatic rings. The van der Waals surface area contributed by atoms with Crippen molar-refractivity contribution in [2.75, 3.05) is 32.1 Å². The third-order valence-electron chi connectivity index (χ3n) is 3.72. The summed E-state index contributed by atoms with van der Waals surface area (Å²) >= 11 is 0. The second-order valence-electron chi connectivity index (χ2n) is 5.26. The van der Waals surface area contributed by atoms with Crippen LogP contribution in [0.3, 0.4) is 0 Å². The molecule has 1 saturated heterocycles. The van der Waals surface area contributed by atoms with E-state index in [9.17, 15) is 20.0 Å². The maximum Gasteiger partial charge on any atom is 0.293 e. The number of ether oxygens (including phenoxy) is 1. The van der Waals surface area contributed by atoms with Crippen LogP contribution >= 0.6 is 0 Å². The van der Waals surface area contributed by atoms with E-state index in [1.165, 1.54) is 25.2 Å². The van der Waals surface area contributed by atoms with Crippen LogP contribution in [0.15, 0.2) is 18.2 Å². The normalized spacial score (nSPS) is 16.8. The number of nitrogens with zero attached hydrogens (tertiary/aromatic N) is 1. The average molecular weight is 309 g/mol. The predicted octanol–water partition coefficient (Wildman–Crippen LogP) is 0.908. The maximum absolute atomic E-state index is 11.5. The number of rotatable bonds is 5. The van der Waals surface area contributed by atoms with Gasteiger partial charge in [0.1, 0.15) is 5.69 Å². The number of carbonyl (C=O) groups is 1. The predicted molar refractivity (Wildman–Crippen MR) is 80.0 cm³/mol. The van der Waals surface area contributed by atoms with Gasteiger partial charge in [-0.25, -0.2) is 0 Å². The van der Waals surface area contributed by atoms with Crippen molar-refractivity contribution in [3.8, 4) is 0 Å². The van der Waals surface area contributed by atoms with E-state index in [-0.39, 0.29) is 23.5 Å². The van der Waals surface area contributed by atoms with Gasteiger partial charge in [0.2, 0.25) is 0 Å². The van der Waals surface area contributed by atoms with E-state index < -0.39 is 16.4 Å². The Hall–Kier alpha value is -2.19. The lowest BCUT2D eigenvalue weighted by molar-refractivity contribution is -0.384. The van der Waals surface area contributed by atoms with Crippen LogP contribution in [0.4, 0.5) is 11.4 Å². The van der Waals surface area contributed by atoms with Gasteiger partial charge < -0.3 is 20.5 Å². The average Bonchev–Trinajstić information content (AvgIpc) is 2.52. The number of aliphatic hydroxyl groups is 1. The molecule has 0 atom stereocenters. The first-order valence-electron chi connectivity index (χ1n) is 7.00. The minimum absolute atomic E-state index is 0.191. The number of nitro groups is 1. The summed E-state index contributed by atoms with van der Waals surface area (Å²) in [7, 11) is 1.46. The Kier molecular flexibility index (Phi) is 4.94. The van der Waals surface area contributed by atoms with Crippen molar-refractivity contribution in [1.29, 1.82) is 0 Å². The number of hydrogen-bond donors (Lipinski definition) is 3. The van der Waals surface area contributed by atoms with Crippen molar-refractivity contribution in [3.05, 3.63) is 33.9 Å². The molecule has 0 spiro atoms. The largest absolute Gasteiger partial charge is 0.388 e. The number of nitro benzene ring substituents is 1. The third kappa shape index (κ3) is 3.71. The van der Waals surface area contributed by atoms with Gasteiger partial charge >= 0.3 is 0 Å². The molecule has 1 amide bonds. The van der Waals surface area contributed by atoms with Gasteiger partial charge in [0.15, 0.2) is 0 Å². The first-order chi connectivity index (χ1) is 10.4. The number of benzene rings is 1. The molecule has 120 valence electrons. The lowest BCUT2D eigenvalue weighted by atomic mass is 9.94. The second-order valence-corrected chi connectivity index (χ2v) is 5.26. The molecule has 1 aliphatic heterocycles. The molecule has 0 unspecified atom stereocenters. The van der Waals surface area contributed by atoms with E-state index >= 15 is 0 Å². The molecule has 8 nitrogen and oxygen atoms in total. The van der Waals surface area contributed by atoms with Gasteiger partial charge in [0.25, 0.3) is 11.6 Å². The van der Waals surface area contributed by atoms with Crippen LogP contribution in [0.5, 0.6) is 0 Å². The first-order valence-corrected chi connectivity index (χ1v) is 7.00. The molecule has 1 fully saturated rings. The van der Waals surface area contributed by atoms with Crippen molar-refractivity contribution in [2.24, 2.45) is 0 Å². The molecule has 0 aromatic heterocycles. The fourth-order valence-electron chi connectivity index (χ4n) is 2.31. The highest BCUT2D eigenvalue weighted by Crippen LogP contribution is 2.28. The Morgan fingerprint density at radius 3 is 2.73 bits per heavy atom. The quantitative estimate of drug-likeness (QED) is 0.550. The Morgan fingerprint density at radius 1 is 1.45 bits per heavy atom. The van der Waals surface area contributed by atoms with Crippen molar-refractivity contribution in [2.45, 2.75) is 18.4 Å². The van der Waals surface area contributed by atoms with Crippen molar-refractivity contribution in [1.82, 2.24) is 5.32 Å². The van der Waals surface area contributed by atoms with Crippen LogP contribution < -0.4 is 10.6 Å². The Balaban J connectivity index is 2.16. The molecular weight excluding hydrogens is 290 g/mol. The summed E-state index contributed by atoms with van der Waals surface area (Å²) in [6.07, 6.45) is 0.953. The zero-order valence-corrected chi connectivity index (χ0v) is 12.3. The van der Waals surface area contributed by atoms with Crippen molar-refractivity contribution >= 4 is 17.3 Å². The number of amides is 1. The van der Waals surface area contributed by atoms with E-state index in [1.54, 1.807) is 0 Å². The molecule has 0 radical (unpaired) electrons. The topological polar surface area (TPSA) is 114 Å². The molecule has 3 N–H and O–H groups in total. The summed E-state index contributed by atoms with van der Waals surface area (Å²) in [6.45, 7) is 1.13. The van der Waals surface area contributed by atoms with E-state index in [0.29, 0.717) is 26.1 Å². The third-order valence-corrected chi connectivity index (χ3v) is 3.72. The number of nitrogens with one attached hydrogen (secondary N) is 2. The fraction of sp³-hybridized carbons (Fsp3) is 0.500. The Labute approximate surface area is 127 Å². The minimum Gasteiger partial charge on any atom is -0.388 e. The Bertz CT molecular complexity index is 570. The molecule has 1 heterocycles. The van der Waals surface area contributed by atoms with Crippen LogP contribution in [0.25, 0.3) is 0 Å². The monoisotopic (exact) mass is 309 g/mol. The summed E-state index contributed by atoms with van der Waals surface area (Å²) < 4.78 is 5.19. The molecule has 0 aliphatic carbocycles. The second kappa shape index (κ2) is 6.71. The smallest absolute Gasteiger partial charge is 0.293 e. The van der Waals surface area contributed by atoms with Crippen LogP contribution in [-0.4, -0.2) is 48.3 Å². The van der Waals surface area contributed by atoms with Crippen LogP contribution in [0.2, 0.25) is 0 Å². The lowest BCUT2D eigenvalue weighted by Gasteiger charge is -2.32. The summed E-state index contributed by atoms with van der Waals surface area (Å²) in [5.74, 6) is -0.391. The fourth-order valence-corrected chi connectivity index (χ4v) is 2.31. The molecule has 2 rings (SSSR count). The highest BCUT2D eigenvalue weighted by Gasteiger charge is 2.30. The van der Waals surface area contributed by atoms with Gasteiger partial charge in [-0.2, -0.15) is 0 Å². The molecule has 8 heteroatoms. The van der Waals surface area contributed by atoms with Crippen LogP contribution in [0, 0.1) is 10.1 Å². The zero-order valence-electron chi connectivity index (χ0n) is 12.3. The summed E-state index contributed by atoms with van der Waals surface area (Å²) in [5, 5.41) is 26.9. The number of carbonyl (C=O) groups excluding carboxylic acids is 1. The number of anilines is 1. The number of hydrogen-bond acceptors (Lipinski definition) is 6. The van der Waals surface area contributed by atoms with E-state index in [1.807, 2.05) is 0 Å². The highest BCUT2D eigenvalue weighted by molar-refractivity contribution is 5.95. The van der Waals surface area contributed by atoms with Crippen molar-refractivity contribution in [3.63, 3.8) is 0 Å². The zero-order chi connectivity index (χ0) is 16.2. The summed E-state index contributed by atoms with van der Waals surface area (Å²) in [5.41, 5.74) is -0.648. The molecule has 22 heavy (non-hydrogen) atoms. The summed E-state index contributed by atoms with van der Waals surface area (Å²) in [4.78, 5) is 22.2. The SMILES string of the molecule is CNC(=O)c1ccc(NCC2(O)CCOCC2)c([N+](=O)[O-])c1. The molecule has 0 saturated carbocycles. The first kappa shape index (κ1) is 16.2. The molecular formula is C14H19N3O5. The van der Waals surface area contributed by atoms with Crippen molar-refractivity contribution < 1.29 is 19.6 Å². The van der Waals surface area contributed by atoms with Gasteiger partial charge in [0, 0.05) is 51.3 Å². The van der Waals surface area contributed by atoms with Gasteiger partial charge in [0.05, 0.1) is 10.5 Å². The molecule has 1 aromatic carbocycles. The van der Waals surface area contributed by atoms with E-state index in [4.69, 9.17) is 4.74 Å². The maximum atomic E-state index is 11.5. The van der Waals surface area contributed by atoms with Crippen LogP contribution in [-0.2, 0) is 4.74 Å². The van der Waals surface area contributed by atoms with E-state index in [0.717, 1.165) is 0 Å². The van der Waals surface area contributed by atoms with E-state index in [2.05, 4.69) is 10.6 Å².